The summed E-state index contributed by atoms with van der Waals surface area (Å²) in [4.78, 5) is 4.62. The molecule has 1 aliphatic rings. The van der Waals surface area contributed by atoms with Crippen LogP contribution >= 0.6 is 23.1 Å². The summed E-state index contributed by atoms with van der Waals surface area (Å²) < 4.78 is 5.73. The van der Waals surface area contributed by atoms with E-state index in [0.717, 1.165) is 34.4 Å². The Bertz CT molecular complexity index is 538. The van der Waals surface area contributed by atoms with Crippen LogP contribution in [-0.2, 0) is 11.2 Å². The summed E-state index contributed by atoms with van der Waals surface area (Å²) in [6, 6.07) is 9.73. The van der Waals surface area contributed by atoms with Crippen LogP contribution in [0, 0.1) is 0 Å². The highest BCUT2D eigenvalue weighted by molar-refractivity contribution is 7.99. The van der Waals surface area contributed by atoms with Crippen molar-refractivity contribution in [3.05, 3.63) is 52.0 Å². The van der Waals surface area contributed by atoms with Crippen molar-refractivity contribution in [2.24, 2.45) is 0 Å². The molecule has 2 atom stereocenters. The standard InChI is InChI=1S/C15H17NO2S2/c17-13(11-4-2-1-3-5-11)8-12-9-20-15(16-12)14-10-19-7-6-18-14/h1-5,9,13-14,17H,6-8,10H2. The van der Waals surface area contributed by atoms with Crippen molar-refractivity contribution in [3.8, 4) is 0 Å². The molecule has 0 amide bonds. The SMILES string of the molecule is OC(Cc1csc(C2CSCCO2)n1)c1ccccc1. The van der Waals surface area contributed by atoms with Crippen molar-refractivity contribution in [1.29, 1.82) is 0 Å². The third-order valence-corrected chi connectivity index (χ3v) is 5.23. The quantitative estimate of drug-likeness (QED) is 0.942. The molecule has 20 heavy (non-hydrogen) atoms. The van der Waals surface area contributed by atoms with Gasteiger partial charge < -0.3 is 9.84 Å². The number of nitrogens with zero attached hydrogens (tertiary/aromatic N) is 1. The highest BCUT2D eigenvalue weighted by Gasteiger charge is 2.20. The molecule has 1 aromatic heterocycles. The van der Waals surface area contributed by atoms with Crippen molar-refractivity contribution in [2.75, 3.05) is 18.1 Å². The highest BCUT2D eigenvalue weighted by Crippen LogP contribution is 2.29. The fourth-order valence-corrected chi connectivity index (χ4v) is 4.02. The first kappa shape index (κ1) is 14.1. The third-order valence-electron chi connectivity index (χ3n) is 3.25. The summed E-state index contributed by atoms with van der Waals surface area (Å²) in [6.45, 7) is 0.802. The molecule has 1 fully saturated rings. The molecule has 106 valence electrons. The lowest BCUT2D eigenvalue weighted by molar-refractivity contribution is 0.0753. The van der Waals surface area contributed by atoms with E-state index in [1.165, 1.54) is 0 Å². The largest absolute Gasteiger partial charge is 0.388 e. The van der Waals surface area contributed by atoms with Gasteiger partial charge in [0.15, 0.2) is 0 Å². The van der Waals surface area contributed by atoms with Crippen LogP contribution in [0.15, 0.2) is 35.7 Å². The summed E-state index contributed by atoms with van der Waals surface area (Å²) in [5.41, 5.74) is 1.88. The molecule has 3 nitrogen and oxygen atoms in total. The van der Waals surface area contributed by atoms with Gasteiger partial charge in [0.25, 0.3) is 0 Å². The van der Waals surface area contributed by atoms with E-state index < -0.39 is 6.10 Å². The van der Waals surface area contributed by atoms with Crippen molar-refractivity contribution >= 4 is 23.1 Å². The minimum absolute atomic E-state index is 0.126. The maximum atomic E-state index is 10.2. The molecular formula is C15H17NO2S2. The smallest absolute Gasteiger partial charge is 0.123 e. The number of aliphatic hydroxyl groups is 1. The summed E-state index contributed by atoms with van der Waals surface area (Å²) >= 11 is 3.54. The average Bonchev–Trinajstić information content (AvgIpc) is 2.97. The second-order valence-corrected chi connectivity index (χ2v) is 6.78. The summed E-state index contributed by atoms with van der Waals surface area (Å²) in [6.07, 6.45) is 0.189. The Kier molecular flexibility index (Phi) is 4.73. The monoisotopic (exact) mass is 307 g/mol. The molecular weight excluding hydrogens is 290 g/mol. The Morgan fingerprint density at radius 2 is 2.20 bits per heavy atom. The number of ether oxygens (including phenoxy) is 1. The lowest BCUT2D eigenvalue weighted by Gasteiger charge is -2.19. The normalized spacial score (nSPS) is 20.8. The molecule has 2 unspecified atom stereocenters. The summed E-state index contributed by atoms with van der Waals surface area (Å²) in [5, 5.41) is 13.3. The number of benzene rings is 1. The number of thiazole rings is 1. The molecule has 0 saturated carbocycles. The van der Waals surface area contributed by atoms with Gasteiger partial charge in [-0.3, -0.25) is 0 Å². The average molecular weight is 307 g/mol. The van der Waals surface area contributed by atoms with Gasteiger partial charge in [0.2, 0.25) is 0 Å². The topological polar surface area (TPSA) is 42.4 Å². The summed E-state index contributed by atoms with van der Waals surface area (Å²) in [5.74, 6) is 2.05. The van der Waals surface area contributed by atoms with Gasteiger partial charge in [0.1, 0.15) is 11.1 Å². The maximum Gasteiger partial charge on any atom is 0.123 e. The molecule has 1 N–H and O–H groups in total. The zero-order valence-electron chi connectivity index (χ0n) is 11.1. The van der Waals surface area contributed by atoms with Crippen LogP contribution < -0.4 is 0 Å². The van der Waals surface area contributed by atoms with Crippen LogP contribution in [-0.4, -0.2) is 28.2 Å². The zero-order valence-corrected chi connectivity index (χ0v) is 12.7. The molecule has 0 spiro atoms. The Hall–Kier alpha value is -0.880. The van der Waals surface area contributed by atoms with E-state index in [1.807, 2.05) is 47.5 Å². The van der Waals surface area contributed by atoms with E-state index in [-0.39, 0.29) is 6.10 Å². The minimum atomic E-state index is -0.493. The Labute approximate surface area is 127 Å². The molecule has 1 saturated heterocycles. The molecule has 0 radical (unpaired) electrons. The van der Waals surface area contributed by atoms with Crippen molar-refractivity contribution in [3.63, 3.8) is 0 Å². The first-order valence-electron chi connectivity index (χ1n) is 6.69. The van der Waals surface area contributed by atoms with E-state index in [0.29, 0.717) is 6.42 Å². The Balaban J connectivity index is 1.65. The first-order valence-corrected chi connectivity index (χ1v) is 8.73. The van der Waals surface area contributed by atoms with Gasteiger partial charge in [-0.25, -0.2) is 4.98 Å². The van der Waals surface area contributed by atoms with Crippen molar-refractivity contribution < 1.29 is 9.84 Å². The summed E-state index contributed by atoms with van der Waals surface area (Å²) in [7, 11) is 0. The number of hydrogen-bond acceptors (Lipinski definition) is 5. The zero-order chi connectivity index (χ0) is 13.8. The molecule has 1 aliphatic heterocycles. The number of hydrogen-bond donors (Lipinski definition) is 1. The van der Waals surface area contributed by atoms with Crippen molar-refractivity contribution in [2.45, 2.75) is 18.6 Å². The lowest BCUT2D eigenvalue weighted by Crippen LogP contribution is -2.15. The molecule has 0 bridgehead atoms. The number of rotatable bonds is 4. The van der Waals surface area contributed by atoms with Crippen LogP contribution in [0.1, 0.15) is 28.5 Å². The van der Waals surface area contributed by atoms with E-state index in [1.54, 1.807) is 11.3 Å². The van der Waals surface area contributed by atoms with Crippen LogP contribution in [0.5, 0.6) is 0 Å². The van der Waals surface area contributed by atoms with Crippen LogP contribution in [0.2, 0.25) is 0 Å². The number of thioether (sulfide) groups is 1. The van der Waals surface area contributed by atoms with Crippen molar-refractivity contribution in [1.82, 2.24) is 4.98 Å². The lowest BCUT2D eigenvalue weighted by atomic mass is 10.1. The van der Waals surface area contributed by atoms with Crippen LogP contribution in [0.4, 0.5) is 0 Å². The Morgan fingerprint density at radius 3 is 2.95 bits per heavy atom. The minimum Gasteiger partial charge on any atom is -0.388 e. The van der Waals surface area contributed by atoms with Gasteiger partial charge in [0.05, 0.1) is 18.4 Å². The molecule has 0 aliphatic carbocycles. The Morgan fingerprint density at radius 1 is 1.35 bits per heavy atom. The van der Waals surface area contributed by atoms with Gasteiger partial charge in [-0.15, -0.1) is 11.3 Å². The van der Waals surface area contributed by atoms with Gasteiger partial charge >= 0.3 is 0 Å². The third kappa shape index (κ3) is 3.41. The fraction of sp³-hybridized carbons (Fsp3) is 0.400. The molecule has 3 rings (SSSR count). The van der Waals surface area contributed by atoms with E-state index in [4.69, 9.17) is 4.74 Å². The number of aliphatic hydroxyl groups excluding tert-OH is 1. The highest BCUT2D eigenvalue weighted by atomic mass is 32.2. The van der Waals surface area contributed by atoms with E-state index in [2.05, 4.69) is 4.98 Å². The van der Waals surface area contributed by atoms with Gasteiger partial charge in [-0.2, -0.15) is 11.8 Å². The predicted molar refractivity (Wildman–Crippen MR) is 83.2 cm³/mol. The van der Waals surface area contributed by atoms with Gasteiger partial charge in [-0.05, 0) is 5.56 Å². The molecule has 5 heteroatoms. The van der Waals surface area contributed by atoms with E-state index >= 15 is 0 Å². The van der Waals surface area contributed by atoms with Gasteiger partial charge in [0, 0.05) is 23.3 Å². The maximum absolute atomic E-state index is 10.2. The predicted octanol–water partition coefficient (Wildman–Crippen LogP) is 3.22. The molecule has 1 aromatic carbocycles. The second kappa shape index (κ2) is 6.72. The van der Waals surface area contributed by atoms with Crippen LogP contribution in [0.25, 0.3) is 0 Å². The molecule has 2 heterocycles. The fourth-order valence-electron chi connectivity index (χ4n) is 2.19. The molecule has 2 aromatic rings. The van der Waals surface area contributed by atoms with Gasteiger partial charge in [-0.1, -0.05) is 30.3 Å². The second-order valence-electron chi connectivity index (χ2n) is 4.74. The number of aromatic nitrogens is 1. The first-order chi connectivity index (χ1) is 9.83. The van der Waals surface area contributed by atoms with Crippen LogP contribution in [0.3, 0.4) is 0 Å². The van der Waals surface area contributed by atoms with E-state index in [9.17, 15) is 5.11 Å².